The van der Waals surface area contributed by atoms with Crippen molar-refractivity contribution in [3.8, 4) is 0 Å². The van der Waals surface area contributed by atoms with Crippen molar-refractivity contribution in [1.29, 1.82) is 0 Å². The summed E-state index contributed by atoms with van der Waals surface area (Å²) in [6.45, 7) is 5.53. The molecule has 1 aliphatic heterocycles. The van der Waals surface area contributed by atoms with Crippen molar-refractivity contribution in [2.75, 3.05) is 6.54 Å². The zero-order valence-electron chi connectivity index (χ0n) is 9.42. The minimum absolute atomic E-state index is 0.471. The zero-order valence-corrected chi connectivity index (χ0v) is 9.42. The molecule has 1 fully saturated rings. The zero-order chi connectivity index (χ0) is 10.4. The molecule has 0 bridgehead atoms. The van der Waals surface area contributed by atoms with Crippen LogP contribution in [0, 0.1) is 5.92 Å². The minimum atomic E-state index is 0.471. The Bertz CT molecular complexity index is 370. The van der Waals surface area contributed by atoms with Gasteiger partial charge in [0.1, 0.15) is 5.76 Å². The van der Waals surface area contributed by atoms with Gasteiger partial charge < -0.3 is 9.84 Å². The molecule has 1 aromatic rings. The van der Waals surface area contributed by atoms with Gasteiger partial charge in [-0.25, -0.2) is 0 Å². The summed E-state index contributed by atoms with van der Waals surface area (Å²) in [7, 11) is 0. The third-order valence-electron chi connectivity index (χ3n) is 3.78. The van der Waals surface area contributed by atoms with Gasteiger partial charge in [0.05, 0.1) is 5.69 Å². The van der Waals surface area contributed by atoms with Gasteiger partial charge >= 0.3 is 0 Å². The van der Waals surface area contributed by atoms with Gasteiger partial charge in [-0.15, -0.1) is 0 Å². The first kappa shape index (κ1) is 9.40. The summed E-state index contributed by atoms with van der Waals surface area (Å²) >= 11 is 0. The second kappa shape index (κ2) is 3.34. The number of hydrogen-bond donors (Lipinski definition) is 1. The summed E-state index contributed by atoms with van der Waals surface area (Å²) < 4.78 is 5.47. The van der Waals surface area contributed by atoms with Crippen molar-refractivity contribution in [2.45, 2.75) is 45.1 Å². The van der Waals surface area contributed by atoms with Gasteiger partial charge in [0.15, 0.2) is 0 Å². The van der Waals surface area contributed by atoms with Gasteiger partial charge in [0.25, 0.3) is 0 Å². The maximum atomic E-state index is 5.47. The molecule has 2 unspecified atom stereocenters. The van der Waals surface area contributed by atoms with Crippen LogP contribution in [0.25, 0.3) is 0 Å². The van der Waals surface area contributed by atoms with Gasteiger partial charge in [-0.2, -0.15) is 0 Å². The predicted octanol–water partition coefficient (Wildman–Crippen LogP) is 2.39. The Morgan fingerprint density at radius 3 is 3.07 bits per heavy atom. The highest BCUT2D eigenvalue weighted by molar-refractivity contribution is 5.32. The van der Waals surface area contributed by atoms with Gasteiger partial charge in [-0.3, -0.25) is 0 Å². The van der Waals surface area contributed by atoms with E-state index in [0.29, 0.717) is 12.0 Å². The van der Waals surface area contributed by atoms with Crippen LogP contribution < -0.4 is 5.32 Å². The summed E-state index contributed by atoms with van der Waals surface area (Å²) in [5.41, 5.74) is 2.56. The van der Waals surface area contributed by atoms with Crippen molar-refractivity contribution >= 4 is 0 Å². The lowest BCUT2D eigenvalue weighted by molar-refractivity contribution is 0.330. The fraction of sp³-hybridized carbons (Fsp3) is 0.750. The fourth-order valence-electron chi connectivity index (χ4n) is 3.00. The van der Waals surface area contributed by atoms with Gasteiger partial charge in [0.2, 0.25) is 0 Å². The molecule has 2 heterocycles. The van der Waals surface area contributed by atoms with Crippen LogP contribution >= 0.6 is 0 Å². The summed E-state index contributed by atoms with van der Waals surface area (Å²) in [6, 6.07) is 0.525. The molecule has 15 heavy (non-hydrogen) atoms. The average Bonchev–Trinajstić information content (AvgIpc) is 2.82. The van der Waals surface area contributed by atoms with E-state index in [0.717, 1.165) is 24.6 Å². The Labute approximate surface area is 90.2 Å². The van der Waals surface area contributed by atoms with Crippen LogP contribution in [0.2, 0.25) is 0 Å². The van der Waals surface area contributed by atoms with E-state index in [2.05, 4.69) is 24.3 Å². The maximum absolute atomic E-state index is 5.47. The largest absolute Gasteiger partial charge is 0.361 e. The molecule has 82 valence electrons. The normalized spacial score (nSPS) is 29.3. The Morgan fingerprint density at radius 1 is 1.40 bits per heavy atom. The van der Waals surface area contributed by atoms with E-state index >= 15 is 0 Å². The first-order valence-electron chi connectivity index (χ1n) is 5.99. The van der Waals surface area contributed by atoms with E-state index in [1.807, 2.05) is 0 Å². The van der Waals surface area contributed by atoms with Crippen LogP contribution in [0.15, 0.2) is 4.52 Å². The molecule has 1 N–H and O–H groups in total. The van der Waals surface area contributed by atoms with Crippen molar-refractivity contribution in [2.24, 2.45) is 5.92 Å². The second-order valence-corrected chi connectivity index (χ2v) is 5.08. The van der Waals surface area contributed by atoms with Crippen molar-refractivity contribution in [3.05, 3.63) is 17.0 Å². The summed E-state index contributed by atoms with van der Waals surface area (Å²) in [6.07, 6.45) is 3.65. The van der Waals surface area contributed by atoms with Crippen LogP contribution in [0.3, 0.4) is 0 Å². The molecule has 0 aromatic carbocycles. The number of rotatable bonds is 1. The number of hydrogen-bond acceptors (Lipinski definition) is 3. The topological polar surface area (TPSA) is 38.1 Å². The lowest BCUT2D eigenvalue weighted by Gasteiger charge is -2.25. The van der Waals surface area contributed by atoms with E-state index in [9.17, 15) is 0 Å². The maximum Gasteiger partial charge on any atom is 0.141 e. The van der Waals surface area contributed by atoms with Crippen LogP contribution in [0.5, 0.6) is 0 Å². The highest BCUT2D eigenvalue weighted by atomic mass is 16.5. The highest BCUT2D eigenvalue weighted by Gasteiger charge is 2.38. The van der Waals surface area contributed by atoms with E-state index in [1.165, 1.54) is 24.1 Å². The van der Waals surface area contributed by atoms with Crippen LogP contribution in [0.4, 0.5) is 0 Å². The summed E-state index contributed by atoms with van der Waals surface area (Å²) in [4.78, 5) is 0. The average molecular weight is 206 g/mol. The molecule has 3 rings (SSSR count). The summed E-state index contributed by atoms with van der Waals surface area (Å²) in [5, 5.41) is 7.84. The number of nitrogens with zero attached hydrogens (tertiary/aromatic N) is 1. The molecule has 0 radical (unpaired) electrons. The predicted molar refractivity (Wildman–Crippen MR) is 57.8 cm³/mol. The number of nitrogens with one attached hydrogen (secondary N) is 1. The SMILES string of the molecule is CC(C)c1noc2c1C1NCCC1CC2. The molecule has 1 saturated heterocycles. The third-order valence-corrected chi connectivity index (χ3v) is 3.78. The van der Waals surface area contributed by atoms with Crippen LogP contribution in [-0.4, -0.2) is 11.7 Å². The second-order valence-electron chi connectivity index (χ2n) is 5.08. The molecule has 0 spiro atoms. The smallest absolute Gasteiger partial charge is 0.141 e. The Hall–Kier alpha value is -0.830. The third kappa shape index (κ3) is 1.33. The molecule has 2 aliphatic rings. The standard InChI is InChI=1S/C12H18N2O/c1-7(2)11-10-9(15-14-11)4-3-8-5-6-13-12(8)10/h7-8,12-13H,3-6H2,1-2H3. The fourth-order valence-corrected chi connectivity index (χ4v) is 3.00. The number of aryl methyl sites for hydroxylation is 1. The van der Waals surface area contributed by atoms with Crippen molar-refractivity contribution in [1.82, 2.24) is 10.5 Å². The molecule has 3 heteroatoms. The Morgan fingerprint density at radius 2 is 2.27 bits per heavy atom. The highest BCUT2D eigenvalue weighted by Crippen LogP contribution is 2.42. The minimum Gasteiger partial charge on any atom is -0.361 e. The van der Waals surface area contributed by atoms with Crippen LogP contribution in [0.1, 0.15) is 55.7 Å². The molecule has 1 aliphatic carbocycles. The molecule has 0 saturated carbocycles. The molecular formula is C12H18N2O. The number of aromatic nitrogens is 1. The molecule has 0 amide bonds. The summed E-state index contributed by atoms with van der Waals surface area (Å²) in [5.74, 6) is 2.42. The first-order chi connectivity index (χ1) is 7.27. The van der Waals surface area contributed by atoms with E-state index < -0.39 is 0 Å². The first-order valence-corrected chi connectivity index (χ1v) is 5.99. The Balaban J connectivity index is 2.06. The molecular weight excluding hydrogens is 188 g/mol. The van der Waals surface area contributed by atoms with Gasteiger partial charge in [-0.05, 0) is 31.2 Å². The van der Waals surface area contributed by atoms with Crippen LogP contribution in [-0.2, 0) is 6.42 Å². The van der Waals surface area contributed by atoms with E-state index in [1.54, 1.807) is 0 Å². The monoisotopic (exact) mass is 206 g/mol. The van der Waals surface area contributed by atoms with E-state index in [-0.39, 0.29) is 0 Å². The molecule has 1 aromatic heterocycles. The van der Waals surface area contributed by atoms with Gasteiger partial charge in [0, 0.05) is 18.0 Å². The number of fused-ring (bicyclic) bond motifs is 3. The quantitative estimate of drug-likeness (QED) is 0.766. The lowest BCUT2D eigenvalue weighted by Crippen LogP contribution is -2.24. The van der Waals surface area contributed by atoms with Crippen molar-refractivity contribution in [3.63, 3.8) is 0 Å². The van der Waals surface area contributed by atoms with E-state index in [4.69, 9.17) is 4.52 Å². The molecule has 2 atom stereocenters. The molecule has 3 nitrogen and oxygen atoms in total. The lowest BCUT2D eigenvalue weighted by atomic mass is 9.82. The van der Waals surface area contributed by atoms with Crippen molar-refractivity contribution < 1.29 is 4.52 Å². The van der Waals surface area contributed by atoms with Gasteiger partial charge in [-0.1, -0.05) is 19.0 Å². The Kier molecular flexibility index (Phi) is 2.09.